The Morgan fingerprint density at radius 3 is 2.82 bits per heavy atom. The van der Waals surface area contributed by atoms with E-state index in [1.165, 1.54) is 13.0 Å². The van der Waals surface area contributed by atoms with Gasteiger partial charge in [0.1, 0.15) is 11.6 Å². The van der Waals surface area contributed by atoms with Gasteiger partial charge in [-0.2, -0.15) is 5.10 Å². The Bertz CT molecular complexity index is 792. The lowest BCUT2D eigenvalue weighted by Gasteiger charge is -2.34. The molecular formula is C21H29N5O2. The van der Waals surface area contributed by atoms with Gasteiger partial charge in [0.15, 0.2) is 0 Å². The van der Waals surface area contributed by atoms with Gasteiger partial charge in [-0.1, -0.05) is 12.1 Å². The molecule has 2 N–H and O–H groups in total. The van der Waals surface area contributed by atoms with Gasteiger partial charge in [-0.05, 0) is 50.4 Å². The van der Waals surface area contributed by atoms with Gasteiger partial charge in [0.25, 0.3) is 5.91 Å². The highest BCUT2D eigenvalue weighted by Gasteiger charge is 2.26. The molecule has 4 rings (SSSR count). The maximum atomic E-state index is 12.7. The number of carbonyl (C=O) groups excluding carboxylic acids is 1. The molecule has 7 heteroatoms. The Labute approximate surface area is 166 Å². The molecule has 0 radical (unpaired) electrons. The van der Waals surface area contributed by atoms with Crippen LogP contribution < -0.4 is 15.4 Å². The number of amides is 1. The number of anilines is 1. The molecule has 2 fully saturated rings. The summed E-state index contributed by atoms with van der Waals surface area (Å²) in [5, 5.41) is 11.0. The number of para-hydroxylation sites is 1. The zero-order chi connectivity index (χ0) is 19.3. The second kappa shape index (κ2) is 8.75. The molecule has 0 aliphatic carbocycles. The van der Waals surface area contributed by atoms with Gasteiger partial charge in [0.2, 0.25) is 0 Å². The monoisotopic (exact) mass is 383 g/mol. The summed E-state index contributed by atoms with van der Waals surface area (Å²) in [6, 6.07) is 9.44. The lowest BCUT2D eigenvalue weighted by Crippen LogP contribution is -2.38. The van der Waals surface area contributed by atoms with Crippen LogP contribution in [0.1, 0.15) is 35.7 Å². The van der Waals surface area contributed by atoms with Crippen molar-refractivity contribution in [3.8, 4) is 5.75 Å². The number of likely N-dealkylation sites (tertiary alicyclic amines) is 1. The number of ether oxygens (including phenoxy) is 1. The number of nitrogens with zero attached hydrogens (tertiary/aromatic N) is 3. The minimum absolute atomic E-state index is 0.176. The summed E-state index contributed by atoms with van der Waals surface area (Å²) in [5.74, 6) is 1.93. The summed E-state index contributed by atoms with van der Waals surface area (Å²) < 4.78 is 7.28. The van der Waals surface area contributed by atoms with Crippen LogP contribution in [0.2, 0.25) is 0 Å². The first-order chi connectivity index (χ1) is 13.7. The van der Waals surface area contributed by atoms with E-state index >= 15 is 0 Å². The second-order valence-electron chi connectivity index (χ2n) is 7.71. The van der Waals surface area contributed by atoms with Crippen molar-refractivity contribution in [1.82, 2.24) is 20.0 Å². The molecule has 1 aromatic carbocycles. The second-order valence-corrected chi connectivity index (χ2v) is 7.71. The van der Waals surface area contributed by atoms with Crippen LogP contribution in [-0.2, 0) is 0 Å². The van der Waals surface area contributed by atoms with Gasteiger partial charge in [0.05, 0.1) is 24.9 Å². The smallest absolute Gasteiger partial charge is 0.260 e. The van der Waals surface area contributed by atoms with E-state index in [0.29, 0.717) is 17.4 Å². The number of nitrogens with one attached hydrogen (secondary N) is 2. The van der Waals surface area contributed by atoms with E-state index in [2.05, 4.69) is 20.6 Å². The highest BCUT2D eigenvalue weighted by molar-refractivity contribution is 6.05. The number of hydrogen-bond acceptors (Lipinski definition) is 5. The molecule has 0 bridgehead atoms. The summed E-state index contributed by atoms with van der Waals surface area (Å²) in [7, 11) is 1.58. The first-order valence-corrected chi connectivity index (χ1v) is 10.2. The van der Waals surface area contributed by atoms with Crippen LogP contribution in [-0.4, -0.2) is 60.4 Å². The lowest BCUT2D eigenvalue weighted by molar-refractivity contribution is 0.102. The van der Waals surface area contributed by atoms with Gasteiger partial charge in [-0.3, -0.25) is 4.79 Å². The number of aromatic nitrogens is 2. The number of hydrogen-bond donors (Lipinski definition) is 2. The number of benzene rings is 1. The van der Waals surface area contributed by atoms with Crippen LogP contribution in [0.25, 0.3) is 0 Å². The van der Waals surface area contributed by atoms with Crippen molar-refractivity contribution >= 4 is 11.7 Å². The first kappa shape index (κ1) is 19.0. The third kappa shape index (κ3) is 4.20. The molecular weight excluding hydrogens is 354 g/mol. The van der Waals surface area contributed by atoms with E-state index in [1.807, 2.05) is 22.9 Å². The molecule has 0 saturated carbocycles. The molecule has 2 aliphatic rings. The number of rotatable bonds is 6. The molecule has 3 heterocycles. The van der Waals surface area contributed by atoms with Gasteiger partial charge in [-0.25, -0.2) is 4.68 Å². The van der Waals surface area contributed by atoms with Crippen molar-refractivity contribution in [3.05, 3.63) is 42.1 Å². The Hall–Kier alpha value is -2.38. The zero-order valence-electron chi connectivity index (χ0n) is 16.4. The van der Waals surface area contributed by atoms with Crippen LogP contribution in [0.4, 0.5) is 5.82 Å². The van der Waals surface area contributed by atoms with Gasteiger partial charge in [-0.15, -0.1) is 0 Å². The Kier molecular flexibility index (Phi) is 5.92. The van der Waals surface area contributed by atoms with Crippen molar-refractivity contribution < 1.29 is 9.53 Å². The van der Waals surface area contributed by atoms with Gasteiger partial charge >= 0.3 is 0 Å². The number of methoxy groups -OCH3 is 1. The maximum absolute atomic E-state index is 12.7. The molecule has 2 aromatic rings. The summed E-state index contributed by atoms with van der Waals surface area (Å²) in [6.45, 7) is 5.67. The molecule has 1 amide bonds. The van der Waals surface area contributed by atoms with Crippen LogP contribution in [0, 0.1) is 5.92 Å². The summed E-state index contributed by atoms with van der Waals surface area (Å²) in [4.78, 5) is 15.3. The average molecular weight is 383 g/mol. The van der Waals surface area contributed by atoms with Crippen molar-refractivity contribution in [1.29, 1.82) is 0 Å². The van der Waals surface area contributed by atoms with Crippen molar-refractivity contribution in [2.45, 2.75) is 25.3 Å². The lowest BCUT2D eigenvalue weighted by atomic mass is 10.0. The quantitative estimate of drug-likeness (QED) is 0.801. The normalized spacial score (nSPS) is 21.0. The minimum atomic E-state index is -0.176. The minimum Gasteiger partial charge on any atom is -0.496 e. The molecule has 0 spiro atoms. The van der Waals surface area contributed by atoms with E-state index in [4.69, 9.17) is 4.74 Å². The molecule has 7 nitrogen and oxygen atoms in total. The summed E-state index contributed by atoms with van der Waals surface area (Å²) in [6.07, 6.45) is 5.16. The molecule has 2 saturated heterocycles. The van der Waals surface area contributed by atoms with E-state index in [9.17, 15) is 4.79 Å². The Balaban J connectivity index is 1.37. The zero-order valence-corrected chi connectivity index (χ0v) is 16.4. The third-order valence-corrected chi connectivity index (χ3v) is 5.85. The molecule has 28 heavy (non-hydrogen) atoms. The fourth-order valence-electron chi connectivity index (χ4n) is 4.30. The predicted octanol–water partition coefficient (Wildman–Crippen LogP) is 2.39. The molecule has 2 aliphatic heterocycles. The molecule has 1 atom stereocenters. The summed E-state index contributed by atoms with van der Waals surface area (Å²) in [5.41, 5.74) is 0.526. The Morgan fingerprint density at radius 1 is 1.25 bits per heavy atom. The van der Waals surface area contributed by atoms with Crippen molar-refractivity contribution in [3.63, 3.8) is 0 Å². The van der Waals surface area contributed by atoms with Crippen LogP contribution in [0.3, 0.4) is 0 Å². The van der Waals surface area contributed by atoms with E-state index in [-0.39, 0.29) is 5.91 Å². The fourth-order valence-corrected chi connectivity index (χ4v) is 4.30. The number of carbonyl (C=O) groups is 1. The standard InChI is InChI=1S/C21H29N5O2/c1-28-19-5-3-2-4-18(19)21(27)24-20-7-11-23-26(20)17-8-12-25(13-9-17)15-16-6-10-22-14-16/h2-5,7,11,16-17,22H,6,8-10,12-15H2,1H3,(H,24,27)/t16-/m1/s1. The van der Waals surface area contributed by atoms with Crippen LogP contribution in [0.15, 0.2) is 36.5 Å². The largest absolute Gasteiger partial charge is 0.496 e. The summed E-state index contributed by atoms with van der Waals surface area (Å²) >= 11 is 0. The SMILES string of the molecule is COc1ccccc1C(=O)Nc1ccnn1C1CCN(C[C@@H]2CCNC2)CC1. The maximum Gasteiger partial charge on any atom is 0.260 e. The van der Waals surface area contributed by atoms with E-state index < -0.39 is 0 Å². The first-order valence-electron chi connectivity index (χ1n) is 10.2. The average Bonchev–Trinajstić information content (AvgIpc) is 3.41. The molecule has 0 unspecified atom stereocenters. The van der Waals surface area contributed by atoms with Crippen molar-refractivity contribution in [2.75, 3.05) is 45.2 Å². The van der Waals surface area contributed by atoms with Crippen LogP contribution in [0.5, 0.6) is 5.75 Å². The third-order valence-electron chi connectivity index (χ3n) is 5.85. The highest BCUT2D eigenvalue weighted by Crippen LogP contribution is 2.27. The van der Waals surface area contributed by atoms with Crippen LogP contribution >= 0.6 is 0 Å². The molecule has 150 valence electrons. The fraction of sp³-hybridized carbons (Fsp3) is 0.524. The predicted molar refractivity (Wildman–Crippen MR) is 109 cm³/mol. The highest BCUT2D eigenvalue weighted by atomic mass is 16.5. The number of piperidine rings is 1. The van der Waals surface area contributed by atoms with E-state index in [1.54, 1.807) is 25.4 Å². The topological polar surface area (TPSA) is 71.4 Å². The van der Waals surface area contributed by atoms with E-state index in [0.717, 1.165) is 50.8 Å². The molecule has 1 aromatic heterocycles. The Morgan fingerprint density at radius 2 is 2.07 bits per heavy atom. The van der Waals surface area contributed by atoms with Gasteiger partial charge in [0, 0.05) is 25.7 Å². The van der Waals surface area contributed by atoms with Gasteiger partial charge < -0.3 is 20.3 Å². The van der Waals surface area contributed by atoms with Crippen molar-refractivity contribution in [2.24, 2.45) is 5.92 Å².